The molecule has 1 heterocycles. The van der Waals surface area contributed by atoms with Crippen molar-refractivity contribution >= 4 is 44.6 Å². The lowest BCUT2D eigenvalue weighted by atomic mass is 10.3. The molecule has 0 saturated heterocycles. The van der Waals surface area contributed by atoms with Crippen LogP contribution >= 0.6 is 38.9 Å². The van der Waals surface area contributed by atoms with E-state index in [1.807, 2.05) is 12.3 Å². The number of nitrogens with zero attached hydrogens (tertiary/aromatic N) is 1. The Kier molecular flexibility index (Phi) is 3.91. The maximum Gasteiger partial charge on any atom is 0.157 e. The monoisotopic (exact) mass is 332 g/mol. The van der Waals surface area contributed by atoms with Crippen molar-refractivity contribution in [2.24, 2.45) is 0 Å². The topological polar surface area (TPSA) is 48.1 Å². The lowest BCUT2D eigenvalue weighted by Crippen LogP contribution is -2.00. The predicted molar refractivity (Wildman–Crippen MR) is 74.7 cm³/mol. The Balaban J connectivity index is 2.14. The number of ether oxygens (including phenoxy) is 1. The van der Waals surface area contributed by atoms with E-state index in [4.69, 9.17) is 22.1 Å². The van der Waals surface area contributed by atoms with Crippen LogP contribution in [0.25, 0.3) is 0 Å². The summed E-state index contributed by atoms with van der Waals surface area (Å²) in [6.45, 7) is 2.36. The number of halogens is 2. The summed E-state index contributed by atoms with van der Waals surface area (Å²) in [6, 6.07) is 3.41. The van der Waals surface area contributed by atoms with E-state index in [0.29, 0.717) is 23.1 Å². The Bertz CT molecular complexity index is 521. The average Bonchev–Trinajstić information content (AvgIpc) is 2.62. The first-order valence-electron chi connectivity index (χ1n) is 4.84. The highest BCUT2D eigenvalue weighted by Gasteiger charge is 2.09. The molecule has 1 aromatic carbocycles. The second-order valence-corrected chi connectivity index (χ2v) is 5.81. The molecule has 0 aliphatic rings. The highest BCUT2D eigenvalue weighted by Crippen LogP contribution is 2.35. The van der Waals surface area contributed by atoms with Crippen LogP contribution in [-0.2, 0) is 6.61 Å². The zero-order valence-corrected chi connectivity index (χ0v) is 12.2. The van der Waals surface area contributed by atoms with Gasteiger partial charge in [0.1, 0.15) is 6.61 Å². The zero-order valence-electron chi connectivity index (χ0n) is 9.04. The summed E-state index contributed by atoms with van der Waals surface area (Å²) in [6.07, 6.45) is 0. The molecule has 0 amide bonds. The molecule has 0 aliphatic heterocycles. The quantitative estimate of drug-likeness (QED) is 0.863. The number of aryl methyl sites for hydroxylation is 1. The van der Waals surface area contributed by atoms with Crippen LogP contribution < -0.4 is 10.5 Å². The van der Waals surface area contributed by atoms with E-state index in [0.717, 1.165) is 15.2 Å². The van der Waals surface area contributed by atoms with Crippen LogP contribution in [-0.4, -0.2) is 4.98 Å². The van der Waals surface area contributed by atoms with Gasteiger partial charge in [-0.1, -0.05) is 11.6 Å². The van der Waals surface area contributed by atoms with Gasteiger partial charge >= 0.3 is 0 Å². The fraction of sp³-hybridized carbons (Fsp3) is 0.182. The number of nitrogens with two attached hydrogens (primary N) is 1. The number of thiazole rings is 1. The molecule has 0 atom stereocenters. The van der Waals surface area contributed by atoms with Crippen molar-refractivity contribution < 1.29 is 4.74 Å². The number of nitrogen functional groups attached to an aromatic ring is 1. The van der Waals surface area contributed by atoms with Crippen LogP contribution in [0.5, 0.6) is 5.75 Å². The highest BCUT2D eigenvalue weighted by atomic mass is 79.9. The second kappa shape index (κ2) is 5.25. The first-order valence-corrected chi connectivity index (χ1v) is 6.89. The Labute approximate surface area is 117 Å². The van der Waals surface area contributed by atoms with Gasteiger partial charge in [-0.05, 0) is 35.0 Å². The van der Waals surface area contributed by atoms with Gasteiger partial charge in [0.05, 0.1) is 20.9 Å². The van der Waals surface area contributed by atoms with Gasteiger partial charge in [0.15, 0.2) is 5.75 Å². The van der Waals surface area contributed by atoms with Crippen molar-refractivity contribution in [2.75, 3.05) is 5.73 Å². The van der Waals surface area contributed by atoms with Crippen molar-refractivity contribution in [3.8, 4) is 5.75 Å². The van der Waals surface area contributed by atoms with Crippen molar-refractivity contribution in [1.29, 1.82) is 0 Å². The van der Waals surface area contributed by atoms with Crippen molar-refractivity contribution in [3.63, 3.8) is 0 Å². The number of rotatable bonds is 3. The highest BCUT2D eigenvalue weighted by molar-refractivity contribution is 9.10. The minimum absolute atomic E-state index is 0.398. The van der Waals surface area contributed by atoms with E-state index in [9.17, 15) is 0 Å². The largest absolute Gasteiger partial charge is 0.484 e. The first-order chi connectivity index (χ1) is 8.06. The van der Waals surface area contributed by atoms with E-state index < -0.39 is 0 Å². The smallest absolute Gasteiger partial charge is 0.157 e. The van der Waals surface area contributed by atoms with E-state index in [1.54, 1.807) is 23.5 Å². The third-order valence-electron chi connectivity index (χ3n) is 2.07. The molecule has 17 heavy (non-hydrogen) atoms. The molecule has 0 radical (unpaired) electrons. The van der Waals surface area contributed by atoms with Gasteiger partial charge in [0.2, 0.25) is 0 Å². The van der Waals surface area contributed by atoms with Gasteiger partial charge in [-0.2, -0.15) is 0 Å². The number of aromatic nitrogens is 1. The molecule has 6 heteroatoms. The van der Waals surface area contributed by atoms with E-state index in [1.165, 1.54) is 0 Å². The van der Waals surface area contributed by atoms with E-state index in [-0.39, 0.29) is 0 Å². The third kappa shape index (κ3) is 3.12. The molecule has 0 fully saturated rings. The summed E-state index contributed by atoms with van der Waals surface area (Å²) in [5, 5.41) is 3.56. The van der Waals surface area contributed by atoms with Crippen LogP contribution in [0, 0.1) is 6.92 Å². The summed E-state index contributed by atoms with van der Waals surface area (Å²) < 4.78 is 6.38. The lowest BCUT2D eigenvalue weighted by Gasteiger charge is -2.10. The summed E-state index contributed by atoms with van der Waals surface area (Å²) in [5.74, 6) is 0.597. The summed E-state index contributed by atoms with van der Waals surface area (Å²) in [7, 11) is 0. The van der Waals surface area contributed by atoms with Gasteiger partial charge in [-0.25, -0.2) is 4.98 Å². The Hall–Kier alpha value is -0.780. The minimum Gasteiger partial charge on any atom is -0.484 e. The van der Waals surface area contributed by atoms with Crippen LogP contribution in [0.1, 0.15) is 10.7 Å². The summed E-state index contributed by atoms with van der Waals surface area (Å²) >= 11 is 10.8. The molecular formula is C11H10BrClN2OS. The third-order valence-corrected chi connectivity index (χ3v) is 3.70. The molecule has 90 valence electrons. The molecular weight excluding hydrogens is 324 g/mol. The zero-order chi connectivity index (χ0) is 12.4. The maximum absolute atomic E-state index is 5.87. The molecule has 0 aliphatic carbocycles. The fourth-order valence-corrected chi connectivity index (χ4v) is 2.90. The Morgan fingerprint density at radius 2 is 2.29 bits per heavy atom. The average molecular weight is 334 g/mol. The van der Waals surface area contributed by atoms with Crippen molar-refractivity contribution in [2.45, 2.75) is 13.5 Å². The fourth-order valence-electron chi connectivity index (χ4n) is 1.35. The maximum atomic E-state index is 5.87. The predicted octanol–water partition coefficient (Wildman–Crippen LogP) is 4.03. The molecule has 3 nitrogen and oxygen atoms in total. The standard InChI is InChI=1S/C11H10BrClN2OS/c1-6-15-8(5-17-6)4-16-11-9(12)2-7(13)3-10(11)14/h2-3,5H,4,14H2,1H3. The lowest BCUT2D eigenvalue weighted by molar-refractivity contribution is 0.302. The van der Waals surface area contributed by atoms with Gasteiger partial charge < -0.3 is 10.5 Å². The summed E-state index contributed by atoms with van der Waals surface area (Å²) in [5.41, 5.74) is 7.24. The van der Waals surface area contributed by atoms with E-state index in [2.05, 4.69) is 20.9 Å². The van der Waals surface area contributed by atoms with Crippen LogP contribution in [0.3, 0.4) is 0 Å². The van der Waals surface area contributed by atoms with Gasteiger partial charge in [-0.3, -0.25) is 0 Å². The Morgan fingerprint density at radius 3 is 2.88 bits per heavy atom. The number of hydrogen-bond acceptors (Lipinski definition) is 4. The van der Waals surface area contributed by atoms with Crippen LogP contribution in [0.2, 0.25) is 5.02 Å². The summed E-state index contributed by atoms with van der Waals surface area (Å²) in [4.78, 5) is 4.31. The second-order valence-electron chi connectivity index (χ2n) is 3.45. The number of anilines is 1. The minimum atomic E-state index is 0.398. The molecule has 0 bridgehead atoms. The molecule has 0 unspecified atom stereocenters. The molecule has 1 aromatic heterocycles. The molecule has 2 rings (SSSR count). The van der Waals surface area contributed by atoms with Gasteiger partial charge in [0.25, 0.3) is 0 Å². The van der Waals surface area contributed by atoms with Crippen molar-refractivity contribution in [1.82, 2.24) is 4.98 Å². The number of hydrogen-bond donors (Lipinski definition) is 1. The van der Waals surface area contributed by atoms with E-state index >= 15 is 0 Å². The normalized spacial score (nSPS) is 10.5. The number of benzene rings is 1. The molecule has 2 N–H and O–H groups in total. The molecule has 2 aromatic rings. The molecule has 0 saturated carbocycles. The van der Waals surface area contributed by atoms with Crippen LogP contribution in [0.4, 0.5) is 5.69 Å². The Morgan fingerprint density at radius 1 is 1.53 bits per heavy atom. The van der Waals surface area contributed by atoms with Crippen LogP contribution in [0.15, 0.2) is 22.0 Å². The van der Waals surface area contributed by atoms with Gasteiger partial charge in [0, 0.05) is 10.4 Å². The van der Waals surface area contributed by atoms with Crippen molar-refractivity contribution in [3.05, 3.63) is 37.7 Å². The SMILES string of the molecule is Cc1nc(COc2c(N)cc(Cl)cc2Br)cs1. The van der Waals surface area contributed by atoms with Gasteiger partial charge in [-0.15, -0.1) is 11.3 Å². The molecule has 0 spiro atoms. The first kappa shape index (κ1) is 12.7.